The minimum atomic E-state index is -0.551. The average Bonchev–Trinajstić information content (AvgIpc) is 3.06. The summed E-state index contributed by atoms with van der Waals surface area (Å²) < 4.78 is 16.0. The Labute approximate surface area is 160 Å². The first-order valence-electron chi connectivity index (χ1n) is 8.57. The van der Waals surface area contributed by atoms with Crippen LogP contribution >= 0.6 is 11.3 Å². The van der Waals surface area contributed by atoms with Crippen LogP contribution in [0.3, 0.4) is 0 Å². The second-order valence-corrected chi connectivity index (χ2v) is 7.20. The number of amides is 2. The van der Waals surface area contributed by atoms with Gasteiger partial charge in [-0.1, -0.05) is 13.8 Å². The summed E-state index contributed by atoms with van der Waals surface area (Å²) in [7, 11) is 0. The Morgan fingerprint density at radius 3 is 2.78 bits per heavy atom. The number of ether oxygens (including phenoxy) is 3. The van der Waals surface area contributed by atoms with Gasteiger partial charge in [0.15, 0.2) is 16.6 Å². The van der Waals surface area contributed by atoms with Crippen molar-refractivity contribution in [2.75, 3.05) is 30.5 Å². The van der Waals surface area contributed by atoms with Gasteiger partial charge in [0.1, 0.15) is 13.2 Å². The summed E-state index contributed by atoms with van der Waals surface area (Å²) in [4.78, 5) is 28.1. The molecule has 2 aromatic rings. The highest BCUT2D eigenvalue weighted by atomic mass is 32.1. The maximum atomic E-state index is 12.2. The molecule has 0 radical (unpaired) electrons. The van der Waals surface area contributed by atoms with E-state index in [4.69, 9.17) is 14.2 Å². The van der Waals surface area contributed by atoms with E-state index >= 15 is 0 Å². The highest BCUT2D eigenvalue weighted by molar-refractivity contribution is 7.13. The van der Waals surface area contributed by atoms with Gasteiger partial charge in [0.25, 0.3) is 0 Å². The van der Waals surface area contributed by atoms with E-state index in [9.17, 15) is 9.59 Å². The van der Waals surface area contributed by atoms with Gasteiger partial charge in [-0.25, -0.2) is 9.78 Å². The Morgan fingerprint density at radius 2 is 2.00 bits per heavy atom. The number of benzene rings is 1. The molecule has 0 unspecified atom stereocenters. The van der Waals surface area contributed by atoms with Gasteiger partial charge in [-0.3, -0.25) is 10.1 Å². The first-order chi connectivity index (χ1) is 13.0. The number of rotatable bonds is 6. The van der Waals surface area contributed by atoms with Crippen LogP contribution in [-0.4, -0.2) is 36.8 Å². The number of nitrogens with zero attached hydrogens (tertiary/aromatic N) is 1. The Bertz CT molecular complexity index is 821. The Balaban J connectivity index is 1.51. The summed E-state index contributed by atoms with van der Waals surface area (Å²) in [6.07, 6.45) is -0.460. The molecule has 2 amide bonds. The summed E-state index contributed by atoms with van der Waals surface area (Å²) >= 11 is 1.24. The maximum absolute atomic E-state index is 12.2. The lowest BCUT2D eigenvalue weighted by atomic mass is 10.2. The van der Waals surface area contributed by atoms with Crippen LogP contribution in [0.25, 0.3) is 0 Å². The Morgan fingerprint density at radius 1 is 1.22 bits per heavy atom. The molecule has 9 heteroatoms. The molecule has 1 aliphatic heterocycles. The quantitative estimate of drug-likeness (QED) is 0.784. The second-order valence-electron chi connectivity index (χ2n) is 6.34. The van der Waals surface area contributed by atoms with Crippen molar-refractivity contribution in [2.24, 2.45) is 5.92 Å². The first kappa shape index (κ1) is 19.0. The van der Waals surface area contributed by atoms with Gasteiger partial charge in [0.05, 0.1) is 18.7 Å². The molecule has 1 aromatic heterocycles. The van der Waals surface area contributed by atoms with Crippen LogP contribution in [0.15, 0.2) is 23.6 Å². The third-order valence-electron chi connectivity index (χ3n) is 3.48. The smallest absolute Gasteiger partial charge is 0.413 e. The summed E-state index contributed by atoms with van der Waals surface area (Å²) in [6.45, 7) is 5.24. The average molecular weight is 391 g/mol. The summed E-state index contributed by atoms with van der Waals surface area (Å²) in [5.74, 6) is 1.32. The highest BCUT2D eigenvalue weighted by Gasteiger charge is 2.14. The molecule has 2 heterocycles. The first-order valence-corrected chi connectivity index (χ1v) is 9.45. The van der Waals surface area contributed by atoms with E-state index in [1.54, 1.807) is 23.6 Å². The van der Waals surface area contributed by atoms with Crippen LogP contribution < -0.4 is 20.1 Å². The number of carbonyl (C=O) groups excluding carboxylic acids is 2. The zero-order valence-electron chi connectivity index (χ0n) is 15.1. The molecular weight excluding hydrogens is 370 g/mol. The summed E-state index contributed by atoms with van der Waals surface area (Å²) in [6, 6.07) is 5.24. The molecule has 8 nitrogen and oxygen atoms in total. The number of fused-ring (bicyclic) bond motifs is 1. The van der Waals surface area contributed by atoms with E-state index in [0.717, 1.165) is 0 Å². The van der Waals surface area contributed by atoms with Crippen molar-refractivity contribution in [3.8, 4) is 11.5 Å². The molecular formula is C18H21N3O5S. The Hall–Kier alpha value is -2.81. The van der Waals surface area contributed by atoms with Crippen molar-refractivity contribution in [2.45, 2.75) is 20.3 Å². The fourth-order valence-corrected chi connectivity index (χ4v) is 3.00. The number of hydrogen-bond donors (Lipinski definition) is 2. The molecule has 3 rings (SSSR count). The van der Waals surface area contributed by atoms with Gasteiger partial charge in [-0.15, -0.1) is 11.3 Å². The molecule has 0 spiro atoms. The lowest BCUT2D eigenvalue weighted by Gasteiger charge is -2.18. The standard InChI is InChI=1S/C18H21N3O5S/c1-11(2)9-26-18(23)21-17-20-13(10-27-17)8-16(22)19-12-3-4-14-15(7-12)25-6-5-24-14/h3-4,7,10-11H,5-6,8-9H2,1-2H3,(H,19,22)(H,20,21,23). The van der Waals surface area contributed by atoms with E-state index < -0.39 is 6.09 Å². The molecule has 0 saturated carbocycles. The van der Waals surface area contributed by atoms with Crippen LogP contribution in [0.4, 0.5) is 15.6 Å². The van der Waals surface area contributed by atoms with Gasteiger partial charge in [0, 0.05) is 17.1 Å². The molecule has 0 aliphatic carbocycles. The molecule has 144 valence electrons. The summed E-state index contributed by atoms with van der Waals surface area (Å²) in [5, 5.41) is 7.48. The largest absolute Gasteiger partial charge is 0.486 e. The molecule has 0 saturated heterocycles. The number of thiazole rings is 1. The normalized spacial score (nSPS) is 12.6. The number of nitrogens with one attached hydrogen (secondary N) is 2. The predicted octanol–water partition coefficient (Wildman–Crippen LogP) is 3.30. The van der Waals surface area contributed by atoms with Gasteiger partial charge in [-0.2, -0.15) is 0 Å². The van der Waals surface area contributed by atoms with Gasteiger partial charge >= 0.3 is 6.09 Å². The predicted molar refractivity (Wildman–Crippen MR) is 102 cm³/mol. The molecule has 2 N–H and O–H groups in total. The zero-order valence-corrected chi connectivity index (χ0v) is 15.9. The van der Waals surface area contributed by atoms with Crippen molar-refractivity contribution in [1.82, 2.24) is 4.98 Å². The van der Waals surface area contributed by atoms with E-state index in [-0.39, 0.29) is 18.2 Å². The van der Waals surface area contributed by atoms with Crippen LogP contribution in [-0.2, 0) is 16.0 Å². The van der Waals surface area contributed by atoms with Crippen molar-refractivity contribution in [1.29, 1.82) is 0 Å². The molecule has 0 bridgehead atoms. The molecule has 1 aliphatic rings. The van der Waals surface area contributed by atoms with E-state index in [2.05, 4.69) is 15.6 Å². The van der Waals surface area contributed by atoms with E-state index in [1.807, 2.05) is 13.8 Å². The fourth-order valence-electron chi connectivity index (χ4n) is 2.30. The van der Waals surface area contributed by atoms with Crippen molar-refractivity contribution >= 4 is 34.2 Å². The van der Waals surface area contributed by atoms with E-state index in [1.165, 1.54) is 11.3 Å². The van der Waals surface area contributed by atoms with Crippen molar-refractivity contribution in [3.63, 3.8) is 0 Å². The number of aromatic nitrogens is 1. The highest BCUT2D eigenvalue weighted by Crippen LogP contribution is 2.32. The second kappa shape index (κ2) is 8.72. The third-order valence-corrected chi connectivity index (χ3v) is 4.28. The van der Waals surface area contributed by atoms with Crippen molar-refractivity contribution in [3.05, 3.63) is 29.3 Å². The SMILES string of the molecule is CC(C)COC(=O)Nc1nc(CC(=O)Nc2ccc3c(c2)OCCO3)cs1. The van der Waals surface area contributed by atoms with Gasteiger partial charge in [-0.05, 0) is 18.1 Å². The third kappa shape index (κ3) is 5.58. The maximum Gasteiger partial charge on any atom is 0.413 e. The van der Waals surface area contributed by atoms with E-state index in [0.29, 0.717) is 47.8 Å². The molecule has 0 fully saturated rings. The molecule has 0 atom stereocenters. The van der Waals surface area contributed by atoms with Crippen LogP contribution in [0.2, 0.25) is 0 Å². The van der Waals surface area contributed by atoms with Crippen LogP contribution in [0, 0.1) is 5.92 Å². The zero-order chi connectivity index (χ0) is 19.2. The number of anilines is 2. The van der Waals surface area contributed by atoms with Crippen LogP contribution in [0.1, 0.15) is 19.5 Å². The molecule has 1 aromatic carbocycles. The van der Waals surface area contributed by atoms with Gasteiger partial charge in [0.2, 0.25) is 5.91 Å². The monoisotopic (exact) mass is 391 g/mol. The number of carbonyl (C=O) groups is 2. The summed E-state index contributed by atoms with van der Waals surface area (Å²) in [5.41, 5.74) is 1.18. The van der Waals surface area contributed by atoms with Crippen molar-refractivity contribution < 1.29 is 23.8 Å². The number of hydrogen-bond acceptors (Lipinski definition) is 7. The molecule has 27 heavy (non-hydrogen) atoms. The minimum Gasteiger partial charge on any atom is -0.486 e. The lowest BCUT2D eigenvalue weighted by Crippen LogP contribution is -2.18. The van der Waals surface area contributed by atoms with Gasteiger partial charge < -0.3 is 19.5 Å². The fraction of sp³-hybridized carbons (Fsp3) is 0.389. The lowest BCUT2D eigenvalue weighted by molar-refractivity contribution is -0.115. The Kier molecular flexibility index (Phi) is 6.12. The van der Waals surface area contributed by atoms with Crippen LogP contribution in [0.5, 0.6) is 11.5 Å². The minimum absolute atomic E-state index is 0.0909. The topological polar surface area (TPSA) is 98.8 Å².